The summed E-state index contributed by atoms with van der Waals surface area (Å²) in [7, 11) is 2.18. The highest BCUT2D eigenvalue weighted by Gasteiger charge is 2.44. The predicted molar refractivity (Wildman–Crippen MR) is 285 cm³/mol. The van der Waals surface area contributed by atoms with E-state index in [-0.39, 0.29) is 63.1 Å². The van der Waals surface area contributed by atoms with E-state index in [1.807, 2.05) is 6.92 Å². The molecule has 0 bridgehead atoms. The summed E-state index contributed by atoms with van der Waals surface area (Å²) in [5.74, 6) is -8.84. The quantitative estimate of drug-likeness (QED) is 0.0403. The largest absolute Gasteiger partial charge is 0.494 e. The molecule has 28 nitrogen and oxygen atoms in total. The monoisotopic (exact) mass is 1160 g/mol. The number of primary amides is 2. The zero-order valence-corrected chi connectivity index (χ0v) is 46.2. The number of nitrogens with zero attached hydrogens (tertiary/aromatic N) is 1. The molecular weight excluding hydrogens is 1080 g/mol. The number of hydrogen-bond donors (Lipinski definition) is 15. The average molecular weight is 1160 g/mol. The molecule has 3 aliphatic rings. The molecule has 14 atom stereocenters. The van der Waals surface area contributed by atoms with E-state index in [9.17, 15) is 73.5 Å². The van der Waals surface area contributed by atoms with Crippen molar-refractivity contribution < 1.29 is 83.0 Å². The van der Waals surface area contributed by atoms with E-state index in [0.717, 1.165) is 21.6 Å². The topological polar surface area (TPSA) is 442 Å². The van der Waals surface area contributed by atoms with E-state index in [2.05, 4.69) is 42.5 Å². The van der Waals surface area contributed by atoms with E-state index in [1.54, 1.807) is 38.1 Å². The molecule has 442 valence electrons. The molecule has 0 aromatic heterocycles. The molecule has 30 heteroatoms. The second-order valence-electron chi connectivity index (χ2n) is 19.4. The fourth-order valence-corrected chi connectivity index (χ4v) is 10.9. The number of nitrogens with one attached hydrogen (secondary N) is 8. The van der Waals surface area contributed by atoms with Crippen LogP contribution in [0.25, 0.3) is 0 Å². The van der Waals surface area contributed by atoms with E-state index in [0.29, 0.717) is 24.3 Å². The molecule has 3 saturated heterocycles. The molecule has 1 aromatic carbocycles. The minimum atomic E-state index is -1.79. The van der Waals surface area contributed by atoms with Crippen LogP contribution in [0.4, 0.5) is 0 Å². The van der Waals surface area contributed by atoms with Crippen LogP contribution in [0.5, 0.6) is 5.75 Å². The van der Waals surface area contributed by atoms with Gasteiger partial charge in [-0.25, -0.2) is 0 Å². The minimum absolute atomic E-state index is 0.000468. The Morgan fingerprint density at radius 3 is 2.15 bits per heavy atom. The number of ether oxygens (including phenoxy) is 2. The van der Waals surface area contributed by atoms with Crippen molar-refractivity contribution >= 4 is 80.7 Å². The number of likely N-dealkylation sites (tertiary alicyclic amines) is 1. The van der Waals surface area contributed by atoms with Gasteiger partial charge in [0.25, 0.3) is 0 Å². The first-order chi connectivity index (χ1) is 37.5. The fraction of sp³-hybridized carbons (Fsp3) is 0.673. The molecular formula is C49H77N11O17S2. The zero-order valence-electron chi connectivity index (χ0n) is 44.6. The van der Waals surface area contributed by atoms with Crippen LogP contribution >= 0.6 is 21.6 Å². The number of benzene rings is 1. The van der Waals surface area contributed by atoms with Crippen molar-refractivity contribution in [3.8, 4) is 5.75 Å². The van der Waals surface area contributed by atoms with Gasteiger partial charge in [0.05, 0.1) is 32.3 Å². The van der Waals surface area contributed by atoms with Gasteiger partial charge in [0.1, 0.15) is 78.7 Å². The normalized spacial score (nSPS) is 28.0. The van der Waals surface area contributed by atoms with E-state index in [4.69, 9.17) is 20.9 Å². The molecule has 3 aliphatic heterocycles. The Labute approximate surface area is 464 Å². The highest BCUT2D eigenvalue weighted by molar-refractivity contribution is 8.76. The SMILES string of the molecule is CCOc1ccc(C[C@H]2NC(=O)CCSSC[C@@H](C(=O)N3CCC[C@H]3C(=O)N[C@@H](CCCNC3O[C@H](CO)[C@@H](O)[C@H](O)[C@H]3O)C(=O)NCC(N)=O)NC(=O)[C@H](CC(N)=O)NC(=O)[C@H]([C@@H](C)O)NC(=O)[C@H]([C@@H](C)CC)NC2=O)cc1. The van der Waals surface area contributed by atoms with E-state index >= 15 is 0 Å². The number of carbonyl (C=O) groups excluding carboxylic acids is 10. The summed E-state index contributed by atoms with van der Waals surface area (Å²) in [6.45, 7) is 5.58. The molecule has 1 aromatic rings. The summed E-state index contributed by atoms with van der Waals surface area (Å²) in [6.07, 6.45) is -9.16. The lowest BCUT2D eigenvalue weighted by Gasteiger charge is -2.40. The van der Waals surface area contributed by atoms with Gasteiger partial charge in [-0.15, -0.1) is 0 Å². The standard InChI is InChI=1S/C49H77N11O17S2/c1-5-24(3)37-46(73)59-38(25(4)62)47(74)56-30(20-34(50)63)43(70)57-31(23-79-78-18-15-36(65)54-29(44(71)58-37)19-26-11-13-27(14-12-26)76-6-2)49(75)60-17-8-10-32(60)45(72)55-28(42(69)53-21-35(51)64)9-7-16-52-48-41(68)40(67)39(66)33(22-61)77-48/h11-14,24-25,28-33,37-41,48,52,61-62,66-68H,5-10,15-23H2,1-4H3,(H2,50,63)(H2,51,64)(H,53,69)(H,54,65)(H,55,72)(H,56,74)(H,57,70)(H,58,71)(H,59,73)/t24-,25+,28-,29+,30-,31-,32-,33+,37-,38-,39+,40-,41+,48?/m0/s1. The lowest BCUT2D eigenvalue weighted by molar-refractivity contribution is -0.236. The van der Waals surface area contributed by atoms with Crippen LogP contribution in [-0.4, -0.2) is 213 Å². The Kier molecular flexibility index (Phi) is 26.9. The average Bonchev–Trinajstić information content (AvgIpc) is 3.91. The maximum atomic E-state index is 14.6. The first-order valence-electron chi connectivity index (χ1n) is 26.1. The molecule has 3 fully saturated rings. The van der Waals surface area contributed by atoms with Gasteiger partial charge in [0.2, 0.25) is 59.1 Å². The first-order valence-corrected chi connectivity index (χ1v) is 28.6. The zero-order chi connectivity index (χ0) is 58.5. The molecule has 0 saturated carbocycles. The van der Waals surface area contributed by atoms with Gasteiger partial charge in [-0.05, 0) is 69.7 Å². The molecule has 0 radical (unpaired) electrons. The molecule has 10 amide bonds. The summed E-state index contributed by atoms with van der Waals surface area (Å²) < 4.78 is 11.0. The third kappa shape index (κ3) is 20.0. The van der Waals surface area contributed by atoms with Gasteiger partial charge in [-0.1, -0.05) is 54.0 Å². The van der Waals surface area contributed by atoms with Crippen molar-refractivity contribution in [2.75, 3.05) is 44.4 Å². The molecule has 4 rings (SSSR count). The van der Waals surface area contributed by atoms with Crippen LogP contribution < -0.4 is 58.7 Å². The van der Waals surface area contributed by atoms with Crippen LogP contribution in [0, 0.1) is 5.92 Å². The number of rotatable bonds is 21. The fourth-order valence-electron chi connectivity index (χ4n) is 8.79. The van der Waals surface area contributed by atoms with Gasteiger partial charge in [-0.2, -0.15) is 0 Å². The number of aliphatic hydroxyl groups excluding tert-OH is 5. The Hall–Kier alpha value is -5.86. The highest BCUT2D eigenvalue weighted by Crippen LogP contribution is 2.26. The van der Waals surface area contributed by atoms with Crippen LogP contribution in [0.3, 0.4) is 0 Å². The number of amides is 10. The second-order valence-corrected chi connectivity index (χ2v) is 22.1. The predicted octanol–water partition coefficient (Wildman–Crippen LogP) is -5.61. The maximum Gasteiger partial charge on any atom is 0.246 e. The Morgan fingerprint density at radius 2 is 1.52 bits per heavy atom. The molecule has 79 heavy (non-hydrogen) atoms. The van der Waals surface area contributed by atoms with Crippen molar-refractivity contribution in [1.29, 1.82) is 0 Å². The minimum Gasteiger partial charge on any atom is -0.494 e. The second kappa shape index (κ2) is 32.4. The number of aliphatic hydroxyl groups is 5. The van der Waals surface area contributed by atoms with Crippen molar-refractivity contribution in [3.63, 3.8) is 0 Å². The molecule has 1 unspecified atom stereocenters. The number of carbonyl (C=O) groups is 10. The van der Waals surface area contributed by atoms with Crippen molar-refractivity contribution in [2.24, 2.45) is 17.4 Å². The third-order valence-corrected chi connectivity index (χ3v) is 15.8. The van der Waals surface area contributed by atoms with Crippen molar-refractivity contribution in [2.45, 2.75) is 158 Å². The summed E-state index contributed by atoms with van der Waals surface area (Å²) in [4.78, 5) is 137. The van der Waals surface area contributed by atoms with E-state index in [1.165, 1.54) is 11.8 Å². The summed E-state index contributed by atoms with van der Waals surface area (Å²) >= 11 is 0. The van der Waals surface area contributed by atoms with Crippen LogP contribution in [0.2, 0.25) is 0 Å². The third-order valence-electron chi connectivity index (χ3n) is 13.4. The van der Waals surface area contributed by atoms with Crippen LogP contribution in [-0.2, 0) is 59.1 Å². The highest BCUT2D eigenvalue weighted by atomic mass is 33.1. The summed E-state index contributed by atoms with van der Waals surface area (Å²) in [6, 6.07) is -3.27. The summed E-state index contributed by atoms with van der Waals surface area (Å²) in [5, 5.41) is 71.7. The Bertz CT molecular complexity index is 2270. The first kappa shape index (κ1) is 65.7. The van der Waals surface area contributed by atoms with Gasteiger partial charge in [0.15, 0.2) is 0 Å². The maximum absolute atomic E-state index is 14.6. The Morgan fingerprint density at radius 1 is 0.848 bits per heavy atom. The molecule has 0 aliphatic carbocycles. The molecule has 3 heterocycles. The smallest absolute Gasteiger partial charge is 0.246 e. The Balaban J connectivity index is 1.60. The molecule has 17 N–H and O–H groups in total. The molecule has 0 spiro atoms. The lowest BCUT2D eigenvalue weighted by atomic mass is 9.96. The van der Waals surface area contributed by atoms with Crippen molar-refractivity contribution in [3.05, 3.63) is 29.8 Å². The number of hydrogen-bond acceptors (Lipinski definition) is 20. The van der Waals surface area contributed by atoms with Crippen LogP contribution in [0.1, 0.15) is 78.2 Å². The summed E-state index contributed by atoms with van der Waals surface area (Å²) in [5.41, 5.74) is 11.4. The van der Waals surface area contributed by atoms with Crippen LogP contribution in [0.15, 0.2) is 24.3 Å². The van der Waals surface area contributed by atoms with E-state index < -0.39 is 164 Å². The van der Waals surface area contributed by atoms with Gasteiger partial charge >= 0.3 is 0 Å². The van der Waals surface area contributed by atoms with Gasteiger partial charge in [0, 0.05) is 30.9 Å². The van der Waals surface area contributed by atoms with Crippen molar-refractivity contribution in [1.82, 2.24) is 47.4 Å². The van der Waals surface area contributed by atoms with Gasteiger partial charge < -0.3 is 88.6 Å². The van der Waals surface area contributed by atoms with Gasteiger partial charge in [-0.3, -0.25) is 53.3 Å². The lowest BCUT2D eigenvalue weighted by Crippen LogP contribution is -2.63. The number of nitrogens with two attached hydrogens (primary N) is 2.